The van der Waals surface area contributed by atoms with Crippen molar-refractivity contribution in [2.75, 3.05) is 30.5 Å². The highest BCUT2D eigenvalue weighted by Gasteiger charge is 2.26. The van der Waals surface area contributed by atoms with Gasteiger partial charge in [0.15, 0.2) is 6.61 Å². The van der Waals surface area contributed by atoms with Crippen LogP contribution in [0.15, 0.2) is 36.4 Å². The number of fused-ring (bicyclic) bond motifs is 2. The predicted molar refractivity (Wildman–Crippen MR) is 103 cm³/mol. The number of ether oxygens (including phenoxy) is 2. The van der Waals surface area contributed by atoms with Crippen LogP contribution in [0.2, 0.25) is 0 Å². The molecule has 28 heavy (non-hydrogen) atoms. The first kappa shape index (κ1) is 18.0. The largest absolute Gasteiger partial charge is 0.484 e. The summed E-state index contributed by atoms with van der Waals surface area (Å²) in [6.45, 7) is 0.474. The molecular weight excluding hydrogens is 360 g/mol. The molecule has 0 atom stereocenters. The van der Waals surface area contributed by atoms with Crippen LogP contribution in [0.1, 0.15) is 27.9 Å². The number of nitrogens with one attached hydrogen (secondary N) is 1. The smallest absolute Gasteiger partial charge is 0.337 e. The normalized spacial score (nSPS) is 14.8. The van der Waals surface area contributed by atoms with Crippen molar-refractivity contribution in [1.29, 1.82) is 0 Å². The number of carbonyl (C=O) groups is 3. The first-order chi connectivity index (χ1) is 13.5. The zero-order valence-electron chi connectivity index (χ0n) is 15.5. The van der Waals surface area contributed by atoms with E-state index < -0.39 is 0 Å². The average molecular weight is 380 g/mol. The maximum Gasteiger partial charge on any atom is 0.337 e. The number of rotatable bonds is 4. The molecule has 0 unspecified atom stereocenters. The molecule has 0 aliphatic carbocycles. The van der Waals surface area contributed by atoms with E-state index in [1.54, 1.807) is 35.2 Å². The zero-order chi connectivity index (χ0) is 19.7. The summed E-state index contributed by atoms with van der Waals surface area (Å²) in [4.78, 5) is 37.4. The first-order valence-corrected chi connectivity index (χ1v) is 9.12. The van der Waals surface area contributed by atoms with Gasteiger partial charge in [-0.1, -0.05) is 0 Å². The molecule has 0 aromatic heterocycles. The Morgan fingerprint density at radius 1 is 1.07 bits per heavy atom. The third-order valence-corrected chi connectivity index (χ3v) is 5.03. The number of hydrogen-bond acceptors (Lipinski definition) is 5. The molecule has 144 valence electrons. The monoisotopic (exact) mass is 380 g/mol. The van der Waals surface area contributed by atoms with Gasteiger partial charge in [-0.15, -0.1) is 0 Å². The number of anilines is 2. The lowest BCUT2D eigenvalue weighted by Gasteiger charge is -2.19. The Kier molecular flexibility index (Phi) is 4.73. The number of carbonyl (C=O) groups excluding carboxylic acids is 3. The average Bonchev–Trinajstić information content (AvgIpc) is 3.14. The molecule has 2 aromatic carbocycles. The lowest BCUT2D eigenvalue weighted by molar-refractivity contribution is -0.120. The number of benzene rings is 2. The van der Waals surface area contributed by atoms with Crippen LogP contribution in [0.4, 0.5) is 11.4 Å². The van der Waals surface area contributed by atoms with Crippen molar-refractivity contribution in [2.45, 2.75) is 19.3 Å². The van der Waals surface area contributed by atoms with Crippen molar-refractivity contribution < 1.29 is 23.9 Å². The maximum atomic E-state index is 12.6. The molecule has 0 radical (unpaired) electrons. The molecule has 1 N–H and O–H groups in total. The van der Waals surface area contributed by atoms with Crippen LogP contribution in [-0.4, -0.2) is 38.0 Å². The van der Waals surface area contributed by atoms with E-state index in [0.717, 1.165) is 22.5 Å². The van der Waals surface area contributed by atoms with Crippen LogP contribution in [0.25, 0.3) is 0 Å². The Labute approximate surface area is 162 Å². The Bertz CT molecular complexity index is 969. The van der Waals surface area contributed by atoms with Crippen molar-refractivity contribution in [1.82, 2.24) is 0 Å². The second-order valence-corrected chi connectivity index (χ2v) is 6.79. The Morgan fingerprint density at radius 2 is 1.93 bits per heavy atom. The van der Waals surface area contributed by atoms with Gasteiger partial charge < -0.3 is 19.7 Å². The van der Waals surface area contributed by atoms with Crippen LogP contribution >= 0.6 is 0 Å². The standard InChI is InChI=1S/C21H20N2O5/c1-27-21(26)15-2-6-18-14(10-15)8-9-23(18)20(25)12-28-16-4-5-17-13(11-16)3-7-19(24)22-17/h2,4-6,10-11H,3,7-9,12H2,1H3,(H,22,24). The van der Waals surface area contributed by atoms with E-state index in [4.69, 9.17) is 9.47 Å². The van der Waals surface area contributed by atoms with Gasteiger partial charge in [0.2, 0.25) is 5.91 Å². The summed E-state index contributed by atoms with van der Waals surface area (Å²) in [6, 6.07) is 10.6. The minimum atomic E-state index is -0.389. The van der Waals surface area contributed by atoms with E-state index in [0.29, 0.717) is 37.1 Å². The van der Waals surface area contributed by atoms with Crippen molar-refractivity contribution in [3.63, 3.8) is 0 Å². The summed E-state index contributed by atoms with van der Waals surface area (Å²) in [5.41, 5.74) is 4.03. The third kappa shape index (κ3) is 3.43. The maximum absolute atomic E-state index is 12.6. The quantitative estimate of drug-likeness (QED) is 0.823. The zero-order valence-corrected chi connectivity index (χ0v) is 15.5. The fourth-order valence-electron chi connectivity index (χ4n) is 3.58. The van der Waals surface area contributed by atoms with Crippen LogP contribution in [0.3, 0.4) is 0 Å². The highest BCUT2D eigenvalue weighted by Crippen LogP contribution is 2.30. The summed E-state index contributed by atoms with van der Waals surface area (Å²) in [7, 11) is 1.34. The summed E-state index contributed by atoms with van der Waals surface area (Å²) in [5, 5.41) is 2.82. The minimum absolute atomic E-state index is 0.0133. The molecule has 7 heteroatoms. The molecule has 2 aliphatic rings. The van der Waals surface area contributed by atoms with Crippen molar-refractivity contribution in [3.05, 3.63) is 53.1 Å². The third-order valence-electron chi connectivity index (χ3n) is 5.03. The van der Waals surface area contributed by atoms with E-state index >= 15 is 0 Å². The first-order valence-electron chi connectivity index (χ1n) is 9.12. The van der Waals surface area contributed by atoms with E-state index in [9.17, 15) is 14.4 Å². The Hall–Kier alpha value is -3.35. The SMILES string of the molecule is COC(=O)c1ccc2c(c1)CCN2C(=O)COc1ccc2c(c1)CCC(=O)N2. The van der Waals surface area contributed by atoms with Gasteiger partial charge in [-0.05, 0) is 60.4 Å². The molecule has 4 rings (SSSR count). The summed E-state index contributed by atoms with van der Waals surface area (Å²) in [6.07, 6.45) is 1.80. The molecule has 7 nitrogen and oxygen atoms in total. The van der Waals surface area contributed by atoms with Crippen LogP contribution in [0.5, 0.6) is 5.75 Å². The highest BCUT2D eigenvalue weighted by molar-refractivity contribution is 5.98. The van der Waals surface area contributed by atoms with Crippen LogP contribution in [0, 0.1) is 0 Å². The lowest BCUT2D eigenvalue weighted by atomic mass is 10.0. The number of esters is 1. The van der Waals surface area contributed by atoms with Crippen molar-refractivity contribution in [3.8, 4) is 5.75 Å². The minimum Gasteiger partial charge on any atom is -0.484 e. The number of hydrogen-bond donors (Lipinski definition) is 1. The fraction of sp³-hybridized carbons (Fsp3) is 0.286. The Balaban J connectivity index is 1.42. The van der Waals surface area contributed by atoms with Gasteiger partial charge in [-0.3, -0.25) is 9.59 Å². The van der Waals surface area contributed by atoms with Gasteiger partial charge in [0.05, 0.1) is 12.7 Å². The summed E-state index contributed by atoms with van der Waals surface area (Å²) >= 11 is 0. The summed E-state index contributed by atoms with van der Waals surface area (Å²) < 4.78 is 10.4. The van der Waals surface area contributed by atoms with Gasteiger partial charge in [-0.25, -0.2) is 4.79 Å². The molecule has 0 spiro atoms. The molecule has 2 aliphatic heterocycles. The number of methoxy groups -OCH3 is 1. The van der Waals surface area contributed by atoms with Gasteiger partial charge >= 0.3 is 5.97 Å². The molecule has 0 bridgehead atoms. The van der Waals surface area contributed by atoms with Crippen LogP contribution in [-0.2, 0) is 27.2 Å². The van der Waals surface area contributed by atoms with E-state index in [1.807, 2.05) is 6.07 Å². The van der Waals surface area contributed by atoms with E-state index in [-0.39, 0.29) is 24.4 Å². The number of aryl methyl sites for hydroxylation is 1. The van der Waals surface area contributed by atoms with Gasteiger partial charge in [0.25, 0.3) is 5.91 Å². The fourth-order valence-corrected chi connectivity index (χ4v) is 3.58. The molecule has 2 amide bonds. The highest BCUT2D eigenvalue weighted by atomic mass is 16.5. The molecular formula is C21H20N2O5. The molecule has 2 aromatic rings. The lowest BCUT2D eigenvalue weighted by Crippen LogP contribution is -2.33. The molecule has 2 heterocycles. The second kappa shape index (κ2) is 7.34. The molecule has 0 saturated heterocycles. The predicted octanol–water partition coefficient (Wildman–Crippen LogP) is 2.33. The van der Waals surface area contributed by atoms with E-state index in [1.165, 1.54) is 7.11 Å². The van der Waals surface area contributed by atoms with Gasteiger partial charge in [0, 0.05) is 24.3 Å². The van der Waals surface area contributed by atoms with E-state index in [2.05, 4.69) is 5.32 Å². The topological polar surface area (TPSA) is 84.9 Å². The molecule has 0 saturated carbocycles. The van der Waals surface area contributed by atoms with Crippen molar-refractivity contribution in [2.24, 2.45) is 0 Å². The molecule has 0 fully saturated rings. The number of amides is 2. The number of nitrogens with zero attached hydrogens (tertiary/aromatic N) is 1. The van der Waals surface area contributed by atoms with Gasteiger partial charge in [0.1, 0.15) is 5.75 Å². The van der Waals surface area contributed by atoms with Crippen LogP contribution < -0.4 is 15.0 Å². The van der Waals surface area contributed by atoms with Crippen molar-refractivity contribution >= 4 is 29.2 Å². The summed E-state index contributed by atoms with van der Waals surface area (Å²) in [5.74, 6) is 0.0817. The van der Waals surface area contributed by atoms with Gasteiger partial charge in [-0.2, -0.15) is 0 Å². The Morgan fingerprint density at radius 3 is 2.75 bits per heavy atom. The second-order valence-electron chi connectivity index (χ2n) is 6.79.